The Morgan fingerprint density at radius 1 is 1.35 bits per heavy atom. The molecule has 0 saturated carbocycles. The number of aliphatic hydroxyl groups excluding tert-OH is 1. The van der Waals surface area contributed by atoms with Gasteiger partial charge in [0.1, 0.15) is 0 Å². The van der Waals surface area contributed by atoms with Crippen LogP contribution in [0.15, 0.2) is 15.0 Å². The number of benzene rings is 1. The predicted molar refractivity (Wildman–Crippen MR) is 78.3 cm³/mol. The van der Waals surface area contributed by atoms with E-state index in [0.717, 1.165) is 33.8 Å². The second-order valence-electron chi connectivity index (χ2n) is 5.77. The topological polar surface area (TPSA) is 20.2 Å². The minimum atomic E-state index is -0.368. The van der Waals surface area contributed by atoms with Gasteiger partial charge in [-0.3, -0.25) is 0 Å². The molecule has 0 saturated heterocycles. The van der Waals surface area contributed by atoms with Crippen molar-refractivity contribution in [2.45, 2.75) is 46.1 Å². The number of aryl methyl sites for hydroxylation is 1. The quantitative estimate of drug-likeness (QED) is 0.650. The third kappa shape index (κ3) is 2.61. The van der Waals surface area contributed by atoms with Crippen molar-refractivity contribution in [3.63, 3.8) is 0 Å². The van der Waals surface area contributed by atoms with E-state index in [1.807, 2.05) is 0 Å². The summed E-state index contributed by atoms with van der Waals surface area (Å²) >= 11 is 7.27. The van der Waals surface area contributed by atoms with Gasteiger partial charge in [0.2, 0.25) is 0 Å². The molecule has 1 atom stereocenters. The van der Waals surface area contributed by atoms with E-state index in [1.165, 1.54) is 11.1 Å². The molecule has 1 N–H and O–H groups in total. The largest absolute Gasteiger partial charge is 0.388 e. The number of hydrogen-bond donors (Lipinski definition) is 1. The summed E-state index contributed by atoms with van der Waals surface area (Å²) in [6.07, 6.45) is 2.60. The number of rotatable bonds is 0. The van der Waals surface area contributed by atoms with E-state index >= 15 is 0 Å². The highest BCUT2D eigenvalue weighted by atomic mass is 79.9. The van der Waals surface area contributed by atoms with Crippen molar-refractivity contribution in [2.24, 2.45) is 5.41 Å². The van der Waals surface area contributed by atoms with Crippen molar-refractivity contribution in [3.05, 3.63) is 31.7 Å². The standard InChI is InChI=1S/C14H18Br2O/c1-8-6-10(15)9-4-5-14(2,3)7-11(17)12(9)13(8)16/h6,11,17H,4-5,7H2,1-3H3. The van der Waals surface area contributed by atoms with Crippen molar-refractivity contribution in [1.82, 2.24) is 0 Å². The molecule has 1 unspecified atom stereocenters. The molecule has 0 aromatic heterocycles. The van der Waals surface area contributed by atoms with Crippen molar-refractivity contribution in [3.8, 4) is 0 Å². The van der Waals surface area contributed by atoms with E-state index in [9.17, 15) is 5.11 Å². The molecule has 0 aliphatic heterocycles. The molecule has 0 spiro atoms. The van der Waals surface area contributed by atoms with Crippen LogP contribution in [0.2, 0.25) is 0 Å². The van der Waals surface area contributed by atoms with E-state index < -0.39 is 0 Å². The Bertz CT molecular complexity index is 452. The van der Waals surface area contributed by atoms with Gasteiger partial charge in [-0.15, -0.1) is 0 Å². The van der Waals surface area contributed by atoms with Crippen LogP contribution >= 0.6 is 31.9 Å². The molecule has 2 rings (SSSR count). The molecular weight excluding hydrogens is 344 g/mol. The molecule has 1 nitrogen and oxygen atoms in total. The second-order valence-corrected chi connectivity index (χ2v) is 7.41. The summed E-state index contributed by atoms with van der Waals surface area (Å²) in [4.78, 5) is 0. The Hall–Kier alpha value is 0.140. The van der Waals surface area contributed by atoms with Crippen LogP contribution in [0.1, 0.15) is 49.5 Å². The molecular formula is C14H18Br2O. The van der Waals surface area contributed by atoms with Gasteiger partial charge in [-0.2, -0.15) is 0 Å². The molecule has 1 aromatic rings. The van der Waals surface area contributed by atoms with Gasteiger partial charge in [0, 0.05) is 8.95 Å². The predicted octanol–water partition coefficient (Wildman–Crippen LogP) is 4.92. The lowest BCUT2D eigenvalue weighted by molar-refractivity contribution is 0.116. The number of halogens is 2. The van der Waals surface area contributed by atoms with Crippen molar-refractivity contribution >= 4 is 31.9 Å². The summed E-state index contributed by atoms with van der Waals surface area (Å²) in [5.74, 6) is 0. The van der Waals surface area contributed by atoms with Crippen LogP contribution < -0.4 is 0 Å². The van der Waals surface area contributed by atoms with Gasteiger partial charge < -0.3 is 5.11 Å². The summed E-state index contributed by atoms with van der Waals surface area (Å²) < 4.78 is 2.20. The molecule has 0 amide bonds. The number of aliphatic hydroxyl groups is 1. The van der Waals surface area contributed by atoms with Crippen LogP contribution in [0.3, 0.4) is 0 Å². The van der Waals surface area contributed by atoms with Crippen molar-refractivity contribution < 1.29 is 5.11 Å². The fraction of sp³-hybridized carbons (Fsp3) is 0.571. The van der Waals surface area contributed by atoms with Crippen LogP contribution in [-0.4, -0.2) is 5.11 Å². The molecule has 17 heavy (non-hydrogen) atoms. The molecule has 0 heterocycles. The molecule has 94 valence electrons. The average Bonchev–Trinajstić information content (AvgIpc) is 2.31. The average molecular weight is 362 g/mol. The maximum absolute atomic E-state index is 10.5. The first-order chi connectivity index (χ1) is 7.82. The Balaban J connectivity index is 2.59. The molecule has 3 heteroatoms. The van der Waals surface area contributed by atoms with E-state index in [4.69, 9.17) is 0 Å². The Kier molecular flexibility index (Phi) is 3.73. The van der Waals surface area contributed by atoms with Gasteiger partial charge >= 0.3 is 0 Å². The van der Waals surface area contributed by atoms with Crippen LogP contribution in [0.4, 0.5) is 0 Å². The van der Waals surface area contributed by atoms with E-state index in [1.54, 1.807) is 0 Å². The van der Waals surface area contributed by atoms with Gasteiger partial charge in [0.05, 0.1) is 6.10 Å². The maximum atomic E-state index is 10.5. The fourth-order valence-electron chi connectivity index (χ4n) is 2.61. The van der Waals surface area contributed by atoms with Gasteiger partial charge in [0.15, 0.2) is 0 Å². The van der Waals surface area contributed by atoms with Crippen LogP contribution in [0.5, 0.6) is 0 Å². The molecule has 1 aromatic carbocycles. The summed E-state index contributed by atoms with van der Waals surface area (Å²) in [7, 11) is 0. The first kappa shape index (κ1) is 13.6. The normalized spacial score (nSPS) is 23.1. The zero-order valence-electron chi connectivity index (χ0n) is 10.5. The highest BCUT2D eigenvalue weighted by molar-refractivity contribution is 9.11. The third-order valence-electron chi connectivity index (χ3n) is 3.67. The Labute approximate surface area is 120 Å². The second kappa shape index (κ2) is 4.67. The van der Waals surface area contributed by atoms with E-state index in [2.05, 4.69) is 58.7 Å². The monoisotopic (exact) mass is 360 g/mol. The van der Waals surface area contributed by atoms with E-state index in [-0.39, 0.29) is 11.5 Å². The van der Waals surface area contributed by atoms with Gasteiger partial charge in [-0.25, -0.2) is 0 Å². The van der Waals surface area contributed by atoms with Crippen LogP contribution in [0, 0.1) is 12.3 Å². The first-order valence-corrected chi connectivity index (χ1v) is 7.56. The maximum Gasteiger partial charge on any atom is 0.0809 e. The van der Waals surface area contributed by atoms with Gasteiger partial charge in [-0.1, -0.05) is 45.7 Å². The molecule has 0 radical (unpaired) electrons. The first-order valence-electron chi connectivity index (χ1n) is 5.97. The van der Waals surface area contributed by atoms with Crippen molar-refractivity contribution in [1.29, 1.82) is 0 Å². The minimum Gasteiger partial charge on any atom is -0.388 e. The van der Waals surface area contributed by atoms with Crippen LogP contribution in [0.25, 0.3) is 0 Å². The number of hydrogen-bond acceptors (Lipinski definition) is 1. The lowest BCUT2D eigenvalue weighted by Gasteiger charge is -2.24. The highest BCUT2D eigenvalue weighted by Crippen LogP contribution is 2.44. The van der Waals surface area contributed by atoms with Gasteiger partial charge in [0.25, 0.3) is 0 Å². The SMILES string of the molecule is Cc1cc(Br)c2c(c1Br)C(O)CC(C)(C)CC2. The lowest BCUT2D eigenvalue weighted by atomic mass is 9.84. The summed E-state index contributed by atoms with van der Waals surface area (Å²) in [5, 5.41) is 10.5. The highest BCUT2D eigenvalue weighted by Gasteiger charge is 2.31. The Morgan fingerprint density at radius 2 is 2.00 bits per heavy atom. The van der Waals surface area contributed by atoms with Gasteiger partial charge in [-0.05, 0) is 54.4 Å². The van der Waals surface area contributed by atoms with Crippen molar-refractivity contribution in [2.75, 3.05) is 0 Å². The smallest absolute Gasteiger partial charge is 0.0809 e. The van der Waals surface area contributed by atoms with Crippen LogP contribution in [-0.2, 0) is 6.42 Å². The zero-order valence-corrected chi connectivity index (χ0v) is 13.7. The summed E-state index contributed by atoms with van der Waals surface area (Å²) in [5.41, 5.74) is 3.72. The summed E-state index contributed by atoms with van der Waals surface area (Å²) in [6.45, 7) is 6.53. The number of fused-ring (bicyclic) bond motifs is 1. The molecule has 0 bridgehead atoms. The Morgan fingerprint density at radius 3 is 2.65 bits per heavy atom. The zero-order chi connectivity index (χ0) is 12.8. The third-order valence-corrected chi connectivity index (χ3v) is 5.43. The summed E-state index contributed by atoms with van der Waals surface area (Å²) in [6, 6.07) is 2.13. The fourth-order valence-corrected chi connectivity index (χ4v) is 3.98. The minimum absolute atomic E-state index is 0.200. The molecule has 0 fully saturated rings. The van der Waals surface area contributed by atoms with E-state index in [0.29, 0.717) is 0 Å². The molecule has 1 aliphatic carbocycles. The molecule has 1 aliphatic rings. The lowest BCUT2D eigenvalue weighted by Crippen LogP contribution is -2.13.